The Labute approximate surface area is 148 Å². The monoisotopic (exact) mass is 357 g/mol. The SMILES string of the molecule is O=C1CC(c2ccc(F)cc2)C(C(=O)Oc2ccc3c(c2)OCO3)CN1. The average Bonchev–Trinajstić information content (AvgIpc) is 3.10. The summed E-state index contributed by atoms with van der Waals surface area (Å²) in [5, 5.41) is 2.69. The molecule has 0 spiro atoms. The van der Waals surface area contributed by atoms with Gasteiger partial charge in [-0.1, -0.05) is 12.1 Å². The van der Waals surface area contributed by atoms with Crippen LogP contribution in [0, 0.1) is 11.7 Å². The molecule has 0 saturated carbocycles. The van der Waals surface area contributed by atoms with Crippen LogP contribution in [-0.4, -0.2) is 25.2 Å². The number of fused-ring (bicyclic) bond motifs is 1. The topological polar surface area (TPSA) is 73.9 Å². The second kappa shape index (κ2) is 6.67. The van der Waals surface area contributed by atoms with Gasteiger partial charge < -0.3 is 19.5 Å². The van der Waals surface area contributed by atoms with Crippen molar-refractivity contribution >= 4 is 11.9 Å². The Kier molecular flexibility index (Phi) is 4.20. The number of rotatable bonds is 3. The van der Waals surface area contributed by atoms with Crippen LogP contribution in [-0.2, 0) is 9.59 Å². The summed E-state index contributed by atoms with van der Waals surface area (Å²) in [5.41, 5.74) is 0.730. The third-order valence-corrected chi connectivity index (χ3v) is 4.57. The third kappa shape index (κ3) is 3.20. The molecule has 26 heavy (non-hydrogen) atoms. The summed E-state index contributed by atoms with van der Waals surface area (Å²) in [6.07, 6.45) is 0.145. The highest BCUT2D eigenvalue weighted by molar-refractivity contribution is 5.84. The maximum Gasteiger partial charge on any atom is 0.316 e. The van der Waals surface area contributed by atoms with Gasteiger partial charge in [0, 0.05) is 24.9 Å². The molecular formula is C19H16FNO5. The van der Waals surface area contributed by atoms with Gasteiger partial charge in [-0.05, 0) is 29.8 Å². The molecule has 1 amide bonds. The lowest BCUT2D eigenvalue weighted by Crippen LogP contribution is -2.44. The van der Waals surface area contributed by atoms with Crippen LogP contribution in [0.4, 0.5) is 4.39 Å². The van der Waals surface area contributed by atoms with Crippen molar-refractivity contribution in [1.82, 2.24) is 5.32 Å². The van der Waals surface area contributed by atoms with Gasteiger partial charge in [-0.2, -0.15) is 0 Å². The van der Waals surface area contributed by atoms with E-state index in [0.717, 1.165) is 5.56 Å². The molecule has 1 N–H and O–H groups in total. The van der Waals surface area contributed by atoms with Gasteiger partial charge in [-0.15, -0.1) is 0 Å². The molecule has 0 radical (unpaired) electrons. The standard InChI is InChI=1S/C19H16FNO5/c20-12-3-1-11(2-4-12)14-8-18(22)21-9-15(14)19(23)26-13-5-6-16-17(7-13)25-10-24-16/h1-7,14-15H,8-10H2,(H,21,22). The van der Waals surface area contributed by atoms with Crippen LogP contribution in [0.5, 0.6) is 17.2 Å². The van der Waals surface area contributed by atoms with Gasteiger partial charge in [0.25, 0.3) is 0 Å². The van der Waals surface area contributed by atoms with Crippen molar-refractivity contribution < 1.29 is 28.2 Å². The van der Waals surface area contributed by atoms with E-state index in [0.29, 0.717) is 17.2 Å². The van der Waals surface area contributed by atoms with Crippen molar-refractivity contribution in [2.75, 3.05) is 13.3 Å². The fourth-order valence-electron chi connectivity index (χ4n) is 3.22. The number of ether oxygens (including phenoxy) is 3. The van der Waals surface area contributed by atoms with E-state index in [1.54, 1.807) is 30.3 Å². The van der Waals surface area contributed by atoms with Gasteiger partial charge in [0.2, 0.25) is 12.7 Å². The molecule has 2 unspecified atom stereocenters. The lowest BCUT2D eigenvalue weighted by molar-refractivity contribution is -0.141. The number of carbonyl (C=O) groups is 2. The van der Waals surface area contributed by atoms with Gasteiger partial charge in [0.1, 0.15) is 11.6 Å². The van der Waals surface area contributed by atoms with Gasteiger partial charge >= 0.3 is 5.97 Å². The quantitative estimate of drug-likeness (QED) is 0.674. The Morgan fingerprint density at radius 2 is 1.88 bits per heavy atom. The first kappa shape index (κ1) is 16.4. The Morgan fingerprint density at radius 1 is 1.12 bits per heavy atom. The van der Waals surface area contributed by atoms with Crippen LogP contribution < -0.4 is 19.5 Å². The van der Waals surface area contributed by atoms with Crippen LogP contribution in [0.25, 0.3) is 0 Å². The van der Waals surface area contributed by atoms with Crippen molar-refractivity contribution in [1.29, 1.82) is 0 Å². The highest BCUT2D eigenvalue weighted by atomic mass is 19.1. The summed E-state index contributed by atoms with van der Waals surface area (Å²) in [6, 6.07) is 10.7. The van der Waals surface area contributed by atoms with Crippen molar-refractivity contribution in [2.45, 2.75) is 12.3 Å². The zero-order valence-electron chi connectivity index (χ0n) is 13.7. The normalized spacial score (nSPS) is 21.2. The average molecular weight is 357 g/mol. The Balaban J connectivity index is 1.54. The van der Waals surface area contributed by atoms with Crippen LogP contribution in [0.3, 0.4) is 0 Å². The van der Waals surface area contributed by atoms with Gasteiger partial charge in [0.15, 0.2) is 11.5 Å². The fourth-order valence-corrected chi connectivity index (χ4v) is 3.22. The molecule has 2 heterocycles. The number of hydrogen-bond donors (Lipinski definition) is 1. The third-order valence-electron chi connectivity index (χ3n) is 4.57. The van der Waals surface area contributed by atoms with Gasteiger partial charge in [0.05, 0.1) is 5.92 Å². The smallest absolute Gasteiger partial charge is 0.316 e. The lowest BCUT2D eigenvalue weighted by Gasteiger charge is -2.30. The van der Waals surface area contributed by atoms with E-state index in [-0.39, 0.29) is 37.4 Å². The first-order valence-corrected chi connectivity index (χ1v) is 8.23. The highest BCUT2D eigenvalue weighted by Gasteiger charge is 2.36. The minimum atomic E-state index is -0.566. The van der Waals surface area contributed by atoms with Crippen LogP contribution in [0.2, 0.25) is 0 Å². The van der Waals surface area contributed by atoms with E-state index >= 15 is 0 Å². The van der Waals surface area contributed by atoms with E-state index in [2.05, 4.69) is 5.32 Å². The minimum absolute atomic E-state index is 0.133. The van der Waals surface area contributed by atoms with E-state index in [1.165, 1.54) is 12.1 Å². The van der Waals surface area contributed by atoms with Crippen LogP contribution in [0.1, 0.15) is 17.9 Å². The minimum Gasteiger partial charge on any atom is -0.454 e. The number of amides is 1. The molecule has 6 nitrogen and oxygen atoms in total. The zero-order valence-corrected chi connectivity index (χ0v) is 13.7. The lowest BCUT2D eigenvalue weighted by atomic mass is 9.81. The Morgan fingerprint density at radius 3 is 2.69 bits per heavy atom. The first-order chi connectivity index (χ1) is 12.6. The van der Waals surface area contributed by atoms with E-state index < -0.39 is 11.9 Å². The summed E-state index contributed by atoms with van der Waals surface area (Å²) in [6.45, 7) is 0.304. The molecule has 2 aliphatic heterocycles. The molecule has 4 rings (SSSR count). The number of halogens is 1. The number of piperidine rings is 1. The summed E-state index contributed by atoms with van der Waals surface area (Å²) in [7, 11) is 0. The number of benzene rings is 2. The zero-order chi connectivity index (χ0) is 18.1. The van der Waals surface area contributed by atoms with Crippen LogP contribution in [0.15, 0.2) is 42.5 Å². The van der Waals surface area contributed by atoms with E-state index in [9.17, 15) is 14.0 Å². The molecule has 7 heteroatoms. The predicted octanol–water partition coefficient (Wildman–Crippen LogP) is 2.38. The molecule has 1 saturated heterocycles. The van der Waals surface area contributed by atoms with Crippen molar-refractivity contribution in [2.24, 2.45) is 5.92 Å². The van der Waals surface area contributed by atoms with Gasteiger partial charge in [-0.3, -0.25) is 9.59 Å². The predicted molar refractivity (Wildman–Crippen MR) is 88.5 cm³/mol. The molecule has 0 aliphatic carbocycles. The number of nitrogens with one attached hydrogen (secondary N) is 1. The molecule has 2 aromatic rings. The molecule has 2 atom stereocenters. The molecule has 134 valence electrons. The second-order valence-corrected chi connectivity index (χ2v) is 6.21. The largest absolute Gasteiger partial charge is 0.454 e. The summed E-state index contributed by atoms with van der Waals surface area (Å²) < 4.78 is 29.2. The van der Waals surface area contributed by atoms with E-state index in [1.807, 2.05) is 0 Å². The summed E-state index contributed by atoms with van der Waals surface area (Å²) in [4.78, 5) is 24.5. The van der Waals surface area contributed by atoms with Crippen LogP contribution >= 0.6 is 0 Å². The Hall–Kier alpha value is -3.09. The fraction of sp³-hybridized carbons (Fsp3) is 0.263. The Bertz CT molecular complexity index is 852. The first-order valence-electron chi connectivity index (χ1n) is 8.23. The maximum absolute atomic E-state index is 13.2. The van der Waals surface area contributed by atoms with E-state index in [4.69, 9.17) is 14.2 Å². The molecule has 2 aliphatic rings. The van der Waals surface area contributed by atoms with Crippen molar-refractivity contribution in [3.05, 3.63) is 53.8 Å². The molecule has 2 aromatic carbocycles. The maximum atomic E-state index is 13.2. The number of carbonyl (C=O) groups excluding carboxylic acids is 2. The van der Waals surface area contributed by atoms with Crippen molar-refractivity contribution in [3.8, 4) is 17.2 Å². The summed E-state index contributed by atoms with van der Waals surface area (Å²) in [5.74, 6) is -0.456. The van der Waals surface area contributed by atoms with Crippen molar-refractivity contribution in [3.63, 3.8) is 0 Å². The second-order valence-electron chi connectivity index (χ2n) is 6.21. The van der Waals surface area contributed by atoms with Gasteiger partial charge in [-0.25, -0.2) is 4.39 Å². The molecule has 0 bridgehead atoms. The molecular weight excluding hydrogens is 341 g/mol. The number of hydrogen-bond acceptors (Lipinski definition) is 5. The number of esters is 1. The summed E-state index contributed by atoms with van der Waals surface area (Å²) >= 11 is 0. The molecule has 0 aromatic heterocycles. The molecule has 1 fully saturated rings. The highest BCUT2D eigenvalue weighted by Crippen LogP contribution is 2.36.